The Morgan fingerprint density at radius 3 is 0.736 bits per heavy atom. The van der Waals surface area contributed by atoms with E-state index >= 15 is 0 Å². The Kier molecular flexibility index (Phi) is 15.9. The zero-order chi connectivity index (χ0) is 57.7. The molecule has 0 saturated carbocycles. The predicted molar refractivity (Wildman–Crippen MR) is 173 cm³/mol. The van der Waals surface area contributed by atoms with E-state index in [0.717, 1.165) is 0 Å². The number of hydrogen-bond donors (Lipinski definition) is 2. The minimum absolute atomic E-state index is 0.124. The first kappa shape index (κ1) is 63.4. The highest BCUT2D eigenvalue weighted by Gasteiger charge is 2.97. The van der Waals surface area contributed by atoms with Gasteiger partial charge in [0.1, 0.15) is 11.5 Å². The fourth-order valence-corrected chi connectivity index (χ4v) is 5.20. The summed E-state index contributed by atoms with van der Waals surface area (Å²) in [5.74, 6) is -129. The van der Waals surface area contributed by atoms with Crippen LogP contribution in [-0.4, -0.2) is 120 Å². The highest BCUT2D eigenvalue weighted by Crippen LogP contribution is 2.66. The SMILES string of the molecule is COc1cc(-c2ccc(NC(=O)C(F)(F)C(F)(F)C(F)(F)C(F)(F)C(F)(F)C(F)(F)C(F)(F)C(F)(F)Cl)c(OC)c2)ccc1NC(=O)C(F)(F)C(F)(F)C(F)(F)C(F)(F)C(F)(F)C(F)(F)C(F)(F)C(F)(F)Cl. The van der Waals surface area contributed by atoms with Gasteiger partial charge in [-0.25, -0.2) is 0 Å². The lowest BCUT2D eigenvalue weighted by Crippen LogP contribution is -2.75. The minimum Gasteiger partial charge on any atom is -0.495 e. The van der Waals surface area contributed by atoms with Gasteiger partial charge in [-0.05, 0) is 58.6 Å². The van der Waals surface area contributed by atoms with E-state index < -0.39 is 139 Å². The topological polar surface area (TPSA) is 76.7 Å². The van der Waals surface area contributed by atoms with E-state index in [1.807, 2.05) is 0 Å². The summed E-state index contributed by atoms with van der Waals surface area (Å²) in [7, 11) is 0.848. The molecule has 0 aliphatic heterocycles. The lowest BCUT2D eigenvalue weighted by molar-refractivity contribution is -0.445. The molecule has 0 aliphatic carbocycles. The number of methoxy groups -OCH3 is 2. The number of carbonyl (C=O) groups is 2. The molecule has 0 bridgehead atoms. The minimum atomic E-state index is -8.95. The van der Waals surface area contributed by atoms with E-state index in [1.54, 1.807) is 0 Å². The number of alkyl halides is 34. The highest BCUT2D eigenvalue weighted by molar-refractivity contribution is 6.22. The van der Waals surface area contributed by atoms with Crippen LogP contribution in [-0.2, 0) is 9.59 Å². The third-order valence-electron chi connectivity index (χ3n) is 9.25. The number of amides is 2. The van der Waals surface area contributed by atoms with Crippen molar-refractivity contribution in [2.24, 2.45) is 0 Å². The number of rotatable bonds is 21. The van der Waals surface area contributed by atoms with Crippen molar-refractivity contribution in [1.29, 1.82) is 0 Å². The van der Waals surface area contributed by atoms with Gasteiger partial charge in [0.25, 0.3) is 0 Å². The van der Waals surface area contributed by atoms with E-state index in [9.17, 15) is 150 Å². The van der Waals surface area contributed by atoms with Gasteiger partial charge < -0.3 is 20.1 Å². The molecule has 2 rings (SSSR count). The van der Waals surface area contributed by atoms with Crippen LogP contribution in [0.25, 0.3) is 11.1 Å². The monoisotopic (exact) mass is 1170 g/mol. The molecule has 0 aliphatic rings. The average Bonchev–Trinajstić information content (AvgIpc) is 3.21. The maximum absolute atomic E-state index is 14.6. The lowest BCUT2D eigenvalue weighted by Gasteiger charge is -2.42. The summed E-state index contributed by atoms with van der Waals surface area (Å²) in [4.78, 5) is 24.2. The summed E-state index contributed by atoms with van der Waals surface area (Å²) in [6, 6.07) is 1.71. The first-order chi connectivity index (χ1) is 31.4. The third kappa shape index (κ3) is 8.79. The van der Waals surface area contributed by atoms with E-state index in [2.05, 4.69) is 32.7 Å². The standard InChI is InChI=1S/C32H14Cl2F32N2O4/c1-71-13-7-9(3-5-11(13)67-15(69)17(35,36)19(39,40)21(43,44)23(47,48)25(51,52)27(55,56)29(59,60)31(33,63)64)10-4-6-12(14(8-10)72-2)68-16(70)18(37,38)20(41,42)22(45,46)24(49,50)26(53,54)28(57,58)30(61,62)32(34,65)66/h3-8H,1-2H3,(H,67,69)(H,68,70). The molecule has 2 N–H and O–H groups in total. The molecule has 0 spiro atoms. The van der Waals surface area contributed by atoms with Crippen LogP contribution in [0.15, 0.2) is 36.4 Å². The summed E-state index contributed by atoms with van der Waals surface area (Å²) in [6.45, 7) is 0. The number of carbonyl (C=O) groups excluding carboxylic acids is 2. The van der Waals surface area contributed by atoms with Crippen molar-refractivity contribution >= 4 is 46.4 Å². The third-order valence-corrected chi connectivity index (χ3v) is 9.72. The van der Waals surface area contributed by atoms with Gasteiger partial charge in [0.15, 0.2) is 0 Å². The predicted octanol–water partition coefficient (Wildman–Crippen LogP) is 13.8. The van der Waals surface area contributed by atoms with Crippen molar-refractivity contribution in [3.05, 3.63) is 36.4 Å². The van der Waals surface area contributed by atoms with Crippen LogP contribution in [0.1, 0.15) is 0 Å². The van der Waals surface area contributed by atoms with Gasteiger partial charge in [-0.2, -0.15) is 140 Å². The van der Waals surface area contributed by atoms with Crippen LogP contribution in [0.4, 0.5) is 152 Å². The highest BCUT2D eigenvalue weighted by atomic mass is 35.5. The Hall–Kier alpha value is -4.68. The molecular weight excluding hydrogens is 1160 g/mol. The van der Waals surface area contributed by atoms with Gasteiger partial charge in [0, 0.05) is 0 Å². The molecule has 0 fully saturated rings. The Balaban J connectivity index is 2.56. The van der Waals surface area contributed by atoms with Gasteiger partial charge in [0.05, 0.1) is 25.6 Å². The van der Waals surface area contributed by atoms with Crippen molar-refractivity contribution in [1.82, 2.24) is 0 Å². The molecule has 0 aromatic heterocycles. The first-order valence-electron chi connectivity index (χ1n) is 16.8. The second-order valence-electron chi connectivity index (χ2n) is 13.8. The van der Waals surface area contributed by atoms with Crippen LogP contribution in [0.3, 0.4) is 0 Å². The molecule has 6 nitrogen and oxygen atoms in total. The molecule has 2 aromatic carbocycles. The molecule has 72 heavy (non-hydrogen) atoms. The number of anilines is 2. The largest absolute Gasteiger partial charge is 0.495 e. The van der Waals surface area contributed by atoms with E-state index in [0.29, 0.717) is 49.1 Å². The molecule has 40 heteroatoms. The van der Waals surface area contributed by atoms with Crippen LogP contribution in [0.2, 0.25) is 0 Å². The molecule has 0 radical (unpaired) electrons. The van der Waals surface area contributed by atoms with E-state index in [4.69, 9.17) is 0 Å². The Bertz CT molecular complexity index is 2200. The van der Waals surface area contributed by atoms with Crippen LogP contribution in [0.5, 0.6) is 11.5 Å². The quantitative estimate of drug-likeness (QED) is 0.0965. The smallest absolute Gasteiger partial charge is 0.393 e. The van der Waals surface area contributed by atoms with Crippen molar-refractivity contribution in [2.45, 2.75) is 93.7 Å². The Labute approximate surface area is 383 Å². The Morgan fingerprint density at radius 2 is 0.542 bits per heavy atom. The summed E-state index contributed by atoms with van der Waals surface area (Å²) >= 11 is 6.86. The fourth-order valence-electron chi connectivity index (χ4n) is 4.96. The van der Waals surface area contributed by atoms with E-state index in [-0.39, 0.29) is 12.1 Å². The molecule has 0 saturated heterocycles. The molecule has 2 aromatic rings. The molecular formula is C32H14Cl2F32N2O4. The number of hydrogen-bond acceptors (Lipinski definition) is 4. The molecule has 414 valence electrons. The molecule has 2 amide bonds. The zero-order valence-electron chi connectivity index (χ0n) is 32.9. The number of nitrogens with one attached hydrogen (secondary N) is 2. The van der Waals surface area contributed by atoms with Gasteiger partial charge in [-0.3, -0.25) is 9.59 Å². The van der Waals surface area contributed by atoms with Gasteiger partial charge in [-0.15, -0.1) is 0 Å². The van der Waals surface area contributed by atoms with Crippen LogP contribution < -0.4 is 20.1 Å². The second-order valence-corrected chi connectivity index (χ2v) is 14.7. The number of benzene rings is 2. The Morgan fingerprint density at radius 1 is 0.347 bits per heavy atom. The molecule has 0 atom stereocenters. The summed E-state index contributed by atoms with van der Waals surface area (Å²) in [5, 5.41) is -13.1. The summed E-state index contributed by atoms with van der Waals surface area (Å²) in [5.41, 5.74) is -4.35. The fraction of sp³-hybridized carbons (Fsp3) is 0.562. The molecule has 0 heterocycles. The number of ether oxygens (including phenoxy) is 2. The van der Waals surface area contributed by atoms with Crippen molar-refractivity contribution in [3.63, 3.8) is 0 Å². The van der Waals surface area contributed by atoms with Crippen molar-refractivity contribution < 1.29 is 160 Å². The second kappa shape index (κ2) is 18.0. The summed E-state index contributed by atoms with van der Waals surface area (Å²) < 4.78 is 453. The normalized spacial score (nSPS) is 15.3. The first-order valence-corrected chi connectivity index (χ1v) is 17.5. The van der Waals surface area contributed by atoms with Crippen molar-refractivity contribution in [3.8, 4) is 22.6 Å². The van der Waals surface area contributed by atoms with Gasteiger partial charge in [-0.1, -0.05) is 12.1 Å². The lowest BCUT2D eigenvalue weighted by atomic mass is 9.89. The summed E-state index contributed by atoms with van der Waals surface area (Å²) in [6.07, 6.45) is 0. The van der Waals surface area contributed by atoms with Gasteiger partial charge in [0.2, 0.25) is 0 Å². The van der Waals surface area contributed by atoms with Gasteiger partial charge >= 0.3 is 105 Å². The van der Waals surface area contributed by atoms with Crippen molar-refractivity contribution in [2.75, 3.05) is 24.9 Å². The van der Waals surface area contributed by atoms with Crippen LogP contribution in [0, 0.1) is 0 Å². The molecule has 0 unspecified atom stereocenters. The zero-order valence-corrected chi connectivity index (χ0v) is 34.5. The maximum Gasteiger partial charge on any atom is 0.393 e. The van der Waals surface area contributed by atoms with E-state index in [1.165, 1.54) is 0 Å². The maximum atomic E-state index is 14.6. The van der Waals surface area contributed by atoms with Crippen LogP contribution >= 0.6 is 23.2 Å². The average molecular weight is 1170 g/mol. The number of halogens is 34.